The SMILES string of the molecule is Cc1cccc(CSCC(=O)N(Cc2ccc(F)cc2)[C@H](C)C(=O)NC2CCCCC2)c1. The molecule has 1 aliphatic rings. The lowest BCUT2D eigenvalue weighted by atomic mass is 9.95. The van der Waals surface area contributed by atoms with Crippen LogP contribution in [0.5, 0.6) is 0 Å². The molecule has 1 N–H and O–H groups in total. The first-order valence-corrected chi connectivity index (χ1v) is 12.6. The van der Waals surface area contributed by atoms with E-state index in [-0.39, 0.29) is 36.0 Å². The molecule has 2 aromatic rings. The molecule has 0 unspecified atom stereocenters. The first kappa shape index (κ1) is 24.3. The zero-order chi connectivity index (χ0) is 22.9. The summed E-state index contributed by atoms with van der Waals surface area (Å²) >= 11 is 1.55. The molecule has 4 nitrogen and oxygen atoms in total. The van der Waals surface area contributed by atoms with Crippen molar-refractivity contribution in [1.29, 1.82) is 0 Å². The summed E-state index contributed by atoms with van der Waals surface area (Å²) in [6.45, 7) is 4.12. The van der Waals surface area contributed by atoms with Gasteiger partial charge in [0, 0.05) is 18.3 Å². The van der Waals surface area contributed by atoms with Crippen LogP contribution < -0.4 is 5.32 Å². The van der Waals surface area contributed by atoms with Gasteiger partial charge in [-0.3, -0.25) is 9.59 Å². The minimum absolute atomic E-state index is 0.0849. The molecule has 0 spiro atoms. The highest BCUT2D eigenvalue weighted by molar-refractivity contribution is 7.99. The van der Waals surface area contributed by atoms with Gasteiger partial charge in [-0.2, -0.15) is 0 Å². The second kappa shape index (κ2) is 12.0. The zero-order valence-electron chi connectivity index (χ0n) is 19.0. The molecule has 1 aliphatic carbocycles. The quantitative estimate of drug-likeness (QED) is 0.562. The number of thioether (sulfide) groups is 1. The summed E-state index contributed by atoms with van der Waals surface area (Å²) in [6, 6.07) is 14.0. The Kier molecular flexibility index (Phi) is 9.15. The molecule has 172 valence electrons. The van der Waals surface area contributed by atoms with Gasteiger partial charge in [0.25, 0.3) is 0 Å². The van der Waals surface area contributed by atoms with Crippen LogP contribution in [0.4, 0.5) is 4.39 Å². The molecule has 0 saturated heterocycles. The summed E-state index contributed by atoms with van der Waals surface area (Å²) in [5.74, 6) is 0.508. The predicted octanol–water partition coefficient (Wildman–Crippen LogP) is 5.23. The van der Waals surface area contributed by atoms with E-state index in [2.05, 4.69) is 30.4 Å². The third kappa shape index (κ3) is 7.37. The largest absolute Gasteiger partial charge is 0.352 e. The van der Waals surface area contributed by atoms with Gasteiger partial charge < -0.3 is 10.2 Å². The van der Waals surface area contributed by atoms with Crippen LogP contribution >= 0.6 is 11.8 Å². The molecule has 0 heterocycles. The number of halogens is 1. The van der Waals surface area contributed by atoms with Crippen molar-refractivity contribution in [3.8, 4) is 0 Å². The Labute approximate surface area is 195 Å². The first-order chi connectivity index (χ1) is 15.4. The van der Waals surface area contributed by atoms with Gasteiger partial charge in [0.05, 0.1) is 5.75 Å². The number of hydrogen-bond donors (Lipinski definition) is 1. The molecule has 1 atom stereocenters. The van der Waals surface area contributed by atoms with Crippen LogP contribution in [-0.4, -0.2) is 34.6 Å². The fourth-order valence-corrected chi connectivity index (χ4v) is 4.94. The molecule has 0 aromatic heterocycles. The van der Waals surface area contributed by atoms with Crippen LogP contribution in [0.15, 0.2) is 48.5 Å². The summed E-state index contributed by atoms with van der Waals surface area (Å²) in [5.41, 5.74) is 3.18. The molecule has 1 saturated carbocycles. The summed E-state index contributed by atoms with van der Waals surface area (Å²) in [5, 5.41) is 3.14. The standard InChI is InChI=1S/C26H33FN2O2S/c1-19-7-6-8-22(15-19)17-32-18-25(30)29(16-21-11-13-23(27)14-12-21)20(2)26(31)28-24-9-4-3-5-10-24/h6-8,11-15,20,24H,3-5,9-10,16-18H2,1-2H3,(H,28,31)/t20-/m1/s1. The van der Waals surface area contributed by atoms with Crippen LogP contribution in [0.3, 0.4) is 0 Å². The van der Waals surface area contributed by atoms with E-state index in [1.807, 2.05) is 6.07 Å². The maximum absolute atomic E-state index is 13.3. The normalized spacial score (nSPS) is 15.2. The number of benzene rings is 2. The molecular weight excluding hydrogens is 423 g/mol. The summed E-state index contributed by atoms with van der Waals surface area (Å²) in [4.78, 5) is 27.7. The van der Waals surface area contributed by atoms with Crippen molar-refractivity contribution in [2.45, 2.75) is 70.3 Å². The fourth-order valence-electron chi connectivity index (χ4n) is 4.08. The minimum atomic E-state index is -0.589. The number of amides is 2. The molecule has 0 bridgehead atoms. The molecule has 2 aromatic carbocycles. The van der Waals surface area contributed by atoms with Crippen LogP contribution in [0.25, 0.3) is 0 Å². The van der Waals surface area contributed by atoms with Crippen molar-refractivity contribution in [1.82, 2.24) is 10.2 Å². The third-order valence-electron chi connectivity index (χ3n) is 5.96. The van der Waals surface area contributed by atoms with E-state index < -0.39 is 6.04 Å². The molecule has 32 heavy (non-hydrogen) atoms. The zero-order valence-corrected chi connectivity index (χ0v) is 19.8. The van der Waals surface area contributed by atoms with E-state index in [0.29, 0.717) is 0 Å². The van der Waals surface area contributed by atoms with Gasteiger partial charge in [-0.15, -0.1) is 11.8 Å². The fraction of sp³-hybridized carbons (Fsp3) is 0.462. The van der Waals surface area contributed by atoms with Crippen LogP contribution in [0.2, 0.25) is 0 Å². The molecular formula is C26H33FN2O2S. The summed E-state index contributed by atoms with van der Waals surface area (Å²) in [7, 11) is 0. The average Bonchev–Trinajstić information content (AvgIpc) is 2.79. The molecule has 0 radical (unpaired) electrons. The number of carbonyl (C=O) groups excluding carboxylic acids is 2. The number of nitrogens with zero attached hydrogens (tertiary/aromatic N) is 1. The molecule has 1 fully saturated rings. The van der Waals surface area contributed by atoms with Gasteiger partial charge in [-0.25, -0.2) is 4.39 Å². The van der Waals surface area contributed by atoms with Crippen LogP contribution in [-0.2, 0) is 21.9 Å². The number of aryl methyl sites for hydroxylation is 1. The lowest BCUT2D eigenvalue weighted by Crippen LogP contribution is -2.50. The number of rotatable bonds is 9. The molecule has 3 rings (SSSR count). The van der Waals surface area contributed by atoms with Gasteiger partial charge in [0.15, 0.2) is 0 Å². The van der Waals surface area contributed by atoms with Crippen molar-refractivity contribution >= 4 is 23.6 Å². The van der Waals surface area contributed by atoms with Crippen molar-refractivity contribution in [3.05, 3.63) is 71.0 Å². The second-order valence-corrected chi connectivity index (χ2v) is 9.64. The number of hydrogen-bond acceptors (Lipinski definition) is 3. The predicted molar refractivity (Wildman–Crippen MR) is 129 cm³/mol. The minimum Gasteiger partial charge on any atom is -0.352 e. The van der Waals surface area contributed by atoms with Crippen molar-refractivity contribution in [2.75, 3.05) is 5.75 Å². The number of nitrogens with one attached hydrogen (secondary N) is 1. The van der Waals surface area contributed by atoms with Crippen molar-refractivity contribution < 1.29 is 14.0 Å². The number of carbonyl (C=O) groups is 2. The Bertz CT molecular complexity index is 897. The highest BCUT2D eigenvalue weighted by Gasteiger charge is 2.28. The Morgan fingerprint density at radius 2 is 1.81 bits per heavy atom. The van der Waals surface area contributed by atoms with E-state index in [1.165, 1.54) is 29.7 Å². The maximum atomic E-state index is 13.3. The third-order valence-corrected chi connectivity index (χ3v) is 6.95. The van der Waals surface area contributed by atoms with Crippen molar-refractivity contribution in [3.63, 3.8) is 0 Å². The Balaban J connectivity index is 1.64. The van der Waals surface area contributed by atoms with E-state index in [4.69, 9.17) is 0 Å². The van der Waals surface area contributed by atoms with E-state index in [9.17, 15) is 14.0 Å². The van der Waals surface area contributed by atoms with Crippen molar-refractivity contribution in [2.24, 2.45) is 0 Å². The van der Waals surface area contributed by atoms with E-state index in [1.54, 1.807) is 35.7 Å². The average molecular weight is 457 g/mol. The molecule has 2 amide bonds. The van der Waals surface area contributed by atoms with Gasteiger partial charge in [-0.1, -0.05) is 61.2 Å². The Morgan fingerprint density at radius 1 is 1.09 bits per heavy atom. The maximum Gasteiger partial charge on any atom is 0.242 e. The lowest BCUT2D eigenvalue weighted by Gasteiger charge is -2.31. The van der Waals surface area contributed by atoms with E-state index >= 15 is 0 Å². The smallest absolute Gasteiger partial charge is 0.242 e. The van der Waals surface area contributed by atoms with E-state index in [0.717, 1.165) is 37.0 Å². The van der Waals surface area contributed by atoms with Gasteiger partial charge in [0.2, 0.25) is 11.8 Å². The highest BCUT2D eigenvalue weighted by Crippen LogP contribution is 2.19. The topological polar surface area (TPSA) is 49.4 Å². The first-order valence-electron chi connectivity index (χ1n) is 11.4. The second-order valence-electron chi connectivity index (χ2n) is 8.65. The highest BCUT2D eigenvalue weighted by atomic mass is 32.2. The Morgan fingerprint density at radius 3 is 2.50 bits per heavy atom. The molecule has 0 aliphatic heterocycles. The van der Waals surface area contributed by atoms with Gasteiger partial charge in [-0.05, 0) is 49.9 Å². The lowest BCUT2D eigenvalue weighted by molar-refractivity contribution is -0.139. The van der Waals surface area contributed by atoms with Crippen LogP contribution in [0, 0.1) is 12.7 Å². The van der Waals surface area contributed by atoms with Crippen LogP contribution in [0.1, 0.15) is 55.7 Å². The monoisotopic (exact) mass is 456 g/mol. The summed E-state index contributed by atoms with van der Waals surface area (Å²) < 4.78 is 13.3. The van der Waals surface area contributed by atoms with Gasteiger partial charge in [0.1, 0.15) is 11.9 Å². The molecule has 6 heteroatoms. The van der Waals surface area contributed by atoms with Gasteiger partial charge >= 0.3 is 0 Å². The summed E-state index contributed by atoms with van der Waals surface area (Å²) in [6.07, 6.45) is 5.48. The Hall–Kier alpha value is -2.34.